The van der Waals surface area contributed by atoms with E-state index in [4.69, 9.17) is 16.9 Å². The van der Waals surface area contributed by atoms with E-state index in [0.29, 0.717) is 5.88 Å². The van der Waals surface area contributed by atoms with Gasteiger partial charge in [0.1, 0.15) is 0 Å². The van der Waals surface area contributed by atoms with Crippen LogP contribution in [0.3, 0.4) is 0 Å². The molecule has 1 nitrogen and oxygen atoms in total. The zero-order valence-electron chi connectivity index (χ0n) is 7.41. The number of rotatable bonds is 4. The van der Waals surface area contributed by atoms with Crippen LogP contribution in [0.2, 0.25) is 0 Å². The molecule has 0 bridgehead atoms. The van der Waals surface area contributed by atoms with Gasteiger partial charge in [0.15, 0.2) is 0 Å². The van der Waals surface area contributed by atoms with Crippen molar-refractivity contribution in [1.82, 2.24) is 0 Å². The summed E-state index contributed by atoms with van der Waals surface area (Å²) in [7, 11) is 0. The van der Waals surface area contributed by atoms with E-state index in [2.05, 4.69) is 6.07 Å². The first-order chi connectivity index (χ1) is 6.38. The van der Waals surface area contributed by atoms with Crippen LogP contribution in [0.4, 0.5) is 0 Å². The van der Waals surface area contributed by atoms with Gasteiger partial charge in [-0.25, -0.2) is 0 Å². The van der Waals surface area contributed by atoms with Crippen molar-refractivity contribution in [3.63, 3.8) is 0 Å². The predicted octanol–water partition coefficient (Wildman–Crippen LogP) is 3.31. The van der Waals surface area contributed by atoms with Gasteiger partial charge in [0.05, 0.1) is 12.0 Å². The first-order valence-corrected chi connectivity index (χ1v) is 4.92. The molecule has 0 unspecified atom stereocenters. The van der Waals surface area contributed by atoms with Crippen molar-refractivity contribution < 1.29 is 0 Å². The molecule has 2 heteroatoms. The summed E-state index contributed by atoms with van der Waals surface area (Å²) in [6.07, 6.45) is 1.75. The van der Waals surface area contributed by atoms with Crippen molar-refractivity contribution in [2.24, 2.45) is 0 Å². The molecule has 0 saturated heterocycles. The van der Waals surface area contributed by atoms with Crippen LogP contribution < -0.4 is 0 Å². The van der Waals surface area contributed by atoms with Gasteiger partial charge in [0.25, 0.3) is 0 Å². The van der Waals surface area contributed by atoms with E-state index in [-0.39, 0.29) is 5.92 Å². The van der Waals surface area contributed by atoms with Crippen LogP contribution in [0, 0.1) is 11.3 Å². The van der Waals surface area contributed by atoms with Crippen molar-refractivity contribution in [3.8, 4) is 6.07 Å². The van der Waals surface area contributed by atoms with Crippen LogP contribution in [0.15, 0.2) is 30.3 Å². The number of nitriles is 1. The SMILES string of the molecule is N#C[C@H](CCCCl)c1ccccc1. The highest BCUT2D eigenvalue weighted by atomic mass is 35.5. The Bertz CT molecular complexity index is 276. The molecular formula is C11H12ClN. The van der Waals surface area contributed by atoms with E-state index in [1.165, 1.54) is 0 Å². The van der Waals surface area contributed by atoms with E-state index in [0.717, 1.165) is 18.4 Å². The van der Waals surface area contributed by atoms with Gasteiger partial charge < -0.3 is 0 Å². The number of hydrogen-bond acceptors (Lipinski definition) is 1. The van der Waals surface area contributed by atoms with Gasteiger partial charge in [-0.15, -0.1) is 11.6 Å². The first-order valence-electron chi connectivity index (χ1n) is 4.39. The number of halogens is 1. The summed E-state index contributed by atoms with van der Waals surface area (Å²) in [4.78, 5) is 0. The first kappa shape index (κ1) is 10.1. The van der Waals surface area contributed by atoms with E-state index in [1.807, 2.05) is 30.3 Å². The minimum absolute atomic E-state index is 0.0000463. The molecule has 1 aromatic carbocycles. The fourth-order valence-electron chi connectivity index (χ4n) is 1.27. The number of nitrogens with zero attached hydrogens (tertiary/aromatic N) is 1. The molecule has 13 heavy (non-hydrogen) atoms. The van der Waals surface area contributed by atoms with Gasteiger partial charge in [-0.2, -0.15) is 5.26 Å². The zero-order chi connectivity index (χ0) is 9.52. The van der Waals surface area contributed by atoms with Crippen LogP contribution in [0.25, 0.3) is 0 Å². The maximum atomic E-state index is 8.91. The summed E-state index contributed by atoms with van der Waals surface area (Å²) < 4.78 is 0. The standard InChI is InChI=1S/C11H12ClN/c12-8-4-7-11(9-13)10-5-2-1-3-6-10/h1-3,5-6,11H,4,7-8H2/t11-/m0/s1. The normalized spacial score (nSPS) is 12.0. The lowest BCUT2D eigenvalue weighted by molar-refractivity contribution is 0.731. The third kappa shape index (κ3) is 3.08. The molecule has 1 atom stereocenters. The molecule has 0 radical (unpaired) electrons. The molecule has 0 N–H and O–H groups in total. The minimum atomic E-state index is -0.0000463. The molecule has 0 aliphatic rings. The molecule has 1 aromatic rings. The van der Waals surface area contributed by atoms with Gasteiger partial charge in [-0.3, -0.25) is 0 Å². The average molecular weight is 194 g/mol. The van der Waals surface area contributed by atoms with E-state index >= 15 is 0 Å². The zero-order valence-corrected chi connectivity index (χ0v) is 8.17. The van der Waals surface area contributed by atoms with E-state index in [9.17, 15) is 0 Å². The molecule has 1 rings (SSSR count). The third-order valence-electron chi connectivity index (χ3n) is 1.98. The lowest BCUT2D eigenvalue weighted by atomic mass is 9.96. The van der Waals surface area contributed by atoms with Crippen LogP contribution in [-0.2, 0) is 0 Å². The van der Waals surface area contributed by atoms with Crippen LogP contribution >= 0.6 is 11.6 Å². The monoisotopic (exact) mass is 193 g/mol. The molecule has 0 spiro atoms. The Kier molecular flexibility index (Phi) is 4.35. The summed E-state index contributed by atoms with van der Waals surface area (Å²) in [5, 5.41) is 8.91. The summed E-state index contributed by atoms with van der Waals surface area (Å²) in [5.41, 5.74) is 1.09. The Morgan fingerprint density at radius 2 is 2.00 bits per heavy atom. The maximum Gasteiger partial charge on any atom is 0.0713 e. The number of benzene rings is 1. The summed E-state index contributed by atoms with van der Waals surface area (Å²) >= 11 is 5.58. The van der Waals surface area contributed by atoms with Crippen molar-refractivity contribution in [2.45, 2.75) is 18.8 Å². The molecule has 0 heterocycles. The fourth-order valence-corrected chi connectivity index (χ4v) is 1.43. The molecule has 0 aliphatic carbocycles. The largest absolute Gasteiger partial charge is 0.198 e. The van der Waals surface area contributed by atoms with Crippen molar-refractivity contribution in [2.75, 3.05) is 5.88 Å². The van der Waals surface area contributed by atoms with Crippen LogP contribution in [0.5, 0.6) is 0 Å². The summed E-state index contributed by atoms with van der Waals surface area (Å²) in [5.74, 6) is 0.630. The Balaban J connectivity index is 2.63. The van der Waals surface area contributed by atoms with Gasteiger partial charge >= 0.3 is 0 Å². The molecule has 0 saturated carbocycles. The highest BCUT2D eigenvalue weighted by Crippen LogP contribution is 2.19. The molecule has 0 aliphatic heterocycles. The summed E-state index contributed by atoms with van der Waals surface area (Å²) in [6, 6.07) is 12.1. The van der Waals surface area contributed by atoms with Gasteiger partial charge in [-0.05, 0) is 18.4 Å². The second-order valence-corrected chi connectivity index (χ2v) is 3.30. The number of hydrogen-bond donors (Lipinski definition) is 0. The minimum Gasteiger partial charge on any atom is -0.198 e. The van der Waals surface area contributed by atoms with Gasteiger partial charge in [0.2, 0.25) is 0 Å². The molecule has 0 amide bonds. The lowest BCUT2D eigenvalue weighted by Gasteiger charge is -2.07. The highest BCUT2D eigenvalue weighted by Gasteiger charge is 2.08. The maximum absolute atomic E-state index is 8.91. The topological polar surface area (TPSA) is 23.8 Å². The Hall–Kier alpha value is -1.00. The summed E-state index contributed by atoms with van der Waals surface area (Å²) in [6.45, 7) is 0. The van der Waals surface area contributed by atoms with Crippen molar-refractivity contribution >= 4 is 11.6 Å². The fraction of sp³-hybridized carbons (Fsp3) is 0.364. The van der Waals surface area contributed by atoms with Gasteiger partial charge in [-0.1, -0.05) is 30.3 Å². The molecule has 0 fully saturated rings. The van der Waals surface area contributed by atoms with Crippen molar-refractivity contribution in [3.05, 3.63) is 35.9 Å². The second-order valence-electron chi connectivity index (χ2n) is 2.92. The molecule has 0 aromatic heterocycles. The lowest BCUT2D eigenvalue weighted by Crippen LogP contribution is -1.95. The third-order valence-corrected chi connectivity index (χ3v) is 2.25. The van der Waals surface area contributed by atoms with Crippen LogP contribution in [0.1, 0.15) is 24.3 Å². The van der Waals surface area contributed by atoms with Crippen molar-refractivity contribution in [1.29, 1.82) is 5.26 Å². The Labute approximate surface area is 84.0 Å². The highest BCUT2D eigenvalue weighted by molar-refractivity contribution is 6.17. The number of alkyl halides is 1. The van der Waals surface area contributed by atoms with Crippen LogP contribution in [-0.4, -0.2) is 5.88 Å². The van der Waals surface area contributed by atoms with E-state index in [1.54, 1.807) is 0 Å². The Morgan fingerprint density at radius 1 is 1.31 bits per heavy atom. The van der Waals surface area contributed by atoms with E-state index < -0.39 is 0 Å². The molecular weight excluding hydrogens is 182 g/mol. The smallest absolute Gasteiger partial charge is 0.0713 e. The Morgan fingerprint density at radius 3 is 2.54 bits per heavy atom. The quantitative estimate of drug-likeness (QED) is 0.673. The second kappa shape index (κ2) is 5.61. The molecule has 68 valence electrons. The average Bonchev–Trinajstić information content (AvgIpc) is 2.21. The van der Waals surface area contributed by atoms with Gasteiger partial charge in [0, 0.05) is 5.88 Å². The predicted molar refractivity (Wildman–Crippen MR) is 54.8 cm³/mol.